The van der Waals surface area contributed by atoms with E-state index >= 15 is 0 Å². The smallest absolute Gasteiger partial charge is 0.266 e. The van der Waals surface area contributed by atoms with E-state index < -0.39 is 5.91 Å². The highest BCUT2D eigenvalue weighted by atomic mass is 16.5. The Hall–Kier alpha value is -5.23. The van der Waals surface area contributed by atoms with Crippen LogP contribution in [0.4, 0.5) is 5.69 Å². The number of aromatic nitrogens is 2. The van der Waals surface area contributed by atoms with Gasteiger partial charge in [0.05, 0.1) is 46.4 Å². The molecule has 4 rings (SSSR count). The molecule has 0 radical (unpaired) electrons. The summed E-state index contributed by atoms with van der Waals surface area (Å²) in [6.45, 7) is 0.506. The molecule has 0 aliphatic heterocycles. The average molecular weight is 525 g/mol. The molecule has 1 aromatic heterocycles. The fourth-order valence-corrected chi connectivity index (χ4v) is 4.00. The van der Waals surface area contributed by atoms with Gasteiger partial charge in [-0.25, -0.2) is 0 Å². The molecule has 3 aromatic carbocycles. The Morgan fingerprint density at radius 3 is 2.33 bits per heavy atom. The van der Waals surface area contributed by atoms with Crippen molar-refractivity contribution in [3.05, 3.63) is 89.6 Å². The lowest BCUT2D eigenvalue weighted by molar-refractivity contribution is -0.112. The first kappa shape index (κ1) is 26.8. The zero-order chi connectivity index (χ0) is 27.8. The molecular formula is C30H28N4O5. The van der Waals surface area contributed by atoms with Gasteiger partial charge >= 0.3 is 0 Å². The quantitative estimate of drug-likeness (QED) is 0.225. The summed E-state index contributed by atoms with van der Waals surface area (Å²) < 4.78 is 23.2. The average Bonchev–Trinajstić information content (AvgIpc) is 3.37. The summed E-state index contributed by atoms with van der Waals surface area (Å²) in [5.41, 5.74) is 3.26. The van der Waals surface area contributed by atoms with Crippen LogP contribution in [-0.4, -0.2) is 44.1 Å². The van der Waals surface area contributed by atoms with Crippen LogP contribution in [0.5, 0.6) is 23.0 Å². The predicted molar refractivity (Wildman–Crippen MR) is 148 cm³/mol. The van der Waals surface area contributed by atoms with Crippen LogP contribution in [0.1, 0.15) is 11.1 Å². The Morgan fingerprint density at radius 2 is 1.67 bits per heavy atom. The first-order valence-corrected chi connectivity index (χ1v) is 12.0. The third kappa shape index (κ3) is 6.19. The molecule has 0 atom stereocenters. The standard InChI is InChI=1S/C30H28N4O5/c1-36-24-11-12-25(27(16-24)38-3)32-30(35)22(17-31)14-23-19-34(18-20-8-6-5-7-9-20)33-29(23)21-10-13-26(37-2)28(15-21)39-4/h5-16,19H,18H2,1-4H3,(H,32,35)/b22-14+. The minimum absolute atomic E-state index is 0.103. The second-order valence-electron chi connectivity index (χ2n) is 8.38. The Morgan fingerprint density at radius 1 is 0.923 bits per heavy atom. The topological polar surface area (TPSA) is 108 Å². The third-order valence-corrected chi connectivity index (χ3v) is 5.96. The van der Waals surface area contributed by atoms with Crippen molar-refractivity contribution in [1.82, 2.24) is 9.78 Å². The molecule has 0 fully saturated rings. The van der Waals surface area contributed by atoms with E-state index in [0.717, 1.165) is 11.1 Å². The lowest BCUT2D eigenvalue weighted by Crippen LogP contribution is -2.14. The molecule has 0 bridgehead atoms. The molecule has 0 spiro atoms. The molecule has 0 saturated carbocycles. The highest BCUT2D eigenvalue weighted by Crippen LogP contribution is 2.34. The summed E-state index contributed by atoms with van der Waals surface area (Å²) in [5, 5.41) is 17.4. The minimum atomic E-state index is -0.588. The fourth-order valence-electron chi connectivity index (χ4n) is 4.00. The van der Waals surface area contributed by atoms with Crippen LogP contribution >= 0.6 is 0 Å². The lowest BCUT2D eigenvalue weighted by atomic mass is 10.0. The van der Waals surface area contributed by atoms with Crippen LogP contribution in [-0.2, 0) is 11.3 Å². The number of nitrogens with one attached hydrogen (secondary N) is 1. The Kier molecular flexibility index (Phi) is 8.49. The highest BCUT2D eigenvalue weighted by Gasteiger charge is 2.18. The Balaban J connectivity index is 1.74. The first-order valence-electron chi connectivity index (χ1n) is 12.0. The predicted octanol–water partition coefficient (Wildman–Crippen LogP) is 5.18. The van der Waals surface area contributed by atoms with Gasteiger partial charge in [-0.1, -0.05) is 30.3 Å². The number of amides is 1. The van der Waals surface area contributed by atoms with Crippen LogP contribution in [0.2, 0.25) is 0 Å². The van der Waals surface area contributed by atoms with E-state index in [1.165, 1.54) is 20.3 Å². The number of hydrogen-bond donors (Lipinski definition) is 1. The Labute approximate surface area is 226 Å². The maximum atomic E-state index is 13.1. The van der Waals surface area contributed by atoms with Gasteiger partial charge in [0.1, 0.15) is 23.1 Å². The van der Waals surface area contributed by atoms with Gasteiger partial charge in [0.25, 0.3) is 5.91 Å². The van der Waals surface area contributed by atoms with Crippen molar-refractivity contribution in [2.24, 2.45) is 0 Å². The van der Waals surface area contributed by atoms with Crippen LogP contribution in [0.25, 0.3) is 17.3 Å². The summed E-state index contributed by atoms with van der Waals surface area (Å²) in [6.07, 6.45) is 3.32. The summed E-state index contributed by atoms with van der Waals surface area (Å²) in [7, 11) is 6.15. The summed E-state index contributed by atoms with van der Waals surface area (Å²) in [4.78, 5) is 13.1. The molecule has 198 valence electrons. The van der Waals surface area contributed by atoms with E-state index in [2.05, 4.69) is 5.32 Å². The van der Waals surface area contributed by atoms with Crippen molar-refractivity contribution in [1.29, 1.82) is 5.26 Å². The van der Waals surface area contributed by atoms with E-state index in [0.29, 0.717) is 46.5 Å². The van der Waals surface area contributed by atoms with E-state index in [1.807, 2.05) is 42.5 Å². The van der Waals surface area contributed by atoms with Crippen LogP contribution in [0.15, 0.2) is 78.5 Å². The lowest BCUT2D eigenvalue weighted by Gasteiger charge is -2.11. The van der Waals surface area contributed by atoms with Crippen LogP contribution in [0.3, 0.4) is 0 Å². The van der Waals surface area contributed by atoms with Crippen LogP contribution in [0, 0.1) is 11.3 Å². The van der Waals surface area contributed by atoms with Gasteiger partial charge in [0.15, 0.2) is 11.5 Å². The van der Waals surface area contributed by atoms with Crippen molar-refractivity contribution in [2.45, 2.75) is 6.54 Å². The Bertz CT molecular complexity index is 1540. The number of ether oxygens (including phenoxy) is 4. The van der Waals surface area contributed by atoms with Gasteiger partial charge < -0.3 is 24.3 Å². The van der Waals surface area contributed by atoms with Crippen LogP contribution < -0.4 is 24.3 Å². The normalized spacial score (nSPS) is 10.9. The number of nitriles is 1. The number of hydrogen-bond acceptors (Lipinski definition) is 7. The number of rotatable bonds is 10. The van der Waals surface area contributed by atoms with E-state index in [1.54, 1.807) is 55.4 Å². The molecule has 39 heavy (non-hydrogen) atoms. The van der Waals surface area contributed by atoms with Gasteiger partial charge in [0, 0.05) is 23.4 Å². The number of carbonyl (C=O) groups is 1. The monoisotopic (exact) mass is 524 g/mol. The van der Waals surface area contributed by atoms with Crippen molar-refractivity contribution in [3.8, 4) is 40.3 Å². The summed E-state index contributed by atoms with van der Waals surface area (Å²) >= 11 is 0. The number of carbonyl (C=O) groups excluding carboxylic acids is 1. The molecule has 9 heteroatoms. The molecule has 0 saturated heterocycles. The van der Waals surface area contributed by atoms with Crippen molar-refractivity contribution in [2.75, 3.05) is 33.8 Å². The van der Waals surface area contributed by atoms with Crippen molar-refractivity contribution in [3.63, 3.8) is 0 Å². The van der Waals surface area contributed by atoms with Gasteiger partial charge in [-0.3, -0.25) is 9.48 Å². The molecule has 1 heterocycles. The van der Waals surface area contributed by atoms with Gasteiger partial charge in [-0.05, 0) is 42.0 Å². The number of benzene rings is 3. The second-order valence-corrected chi connectivity index (χ2v) is 8.38. The first-order chi connectivity index (χ1) is 19.0. The SMILES string of the molecule is COc1ccc(NC(=O)/C(C#N)=C/c2cn(Cc3ccccc3)nc2-c2ccc(OC)c(OC)c2)c(OC)c1. The molecule has 4 aromatic rings. The second kappa shape index (κ2) is 12.3. The van der Waals surface area contributed by atoms with Crippen molar-refractivity contribution >= 4 is 17.7 Å². The fraction of sp³-hybridized carbons (Fsp3) is 0.167. The molecule has 0 aliphatic rings. The summed E-state index contributed by atoms with van der Waals surface area (Å²) in [5.74, 6) is 1.50. The third-order valence-electron chi connectivity index (χ3n) is 5.96. The van der Waals surface area contributed by atoms with Gasteiger partial charge in [-0.15, -0.1) is 0 Å². The van der Waals surface area contributed by atoms with E-state index in [9.17, 15) is 10.1 Å². The van der Waals surface area contributed by atoms with Crippen molar-refractivity contribution < 1.29 is 23.7 Å². The van der Waals surface area contributed by atoms with Gasteiger partial charge in [-0.2, -0.15) is 10.4 Å². The minimum Gasteiger partial charge on any atom is -0.497 e. The zero-order valence-corrected chi connectivity index (χ0v) is 22.1. The molecule has 1 amide bonds. The maximum Gasteiger partial charge on any atom is 0.266 e. The molecule has 0 unspecified atom stereocenters. The zero-order valence-electron chi connectivity index (χ0n) is 22.1. The molecule has 9 nitrogen and oxygen atoms in total. The van der Waals surface area contributed by atoms with E-state index in [4.69, 9.17) is 24.0 Å². The number of anilines is 1. The van der Waals surface area contributed by atoms with Gasteiger partial charge in [0.2, 0.25) is 0 Å². The number of nitrogens with zero attached hydrogens (tertiary/aromatic N) is 3. The molecule has 1 N–H and O–H groups in total. The molecule has 0 aliphatic carbocycles. The van der Waals surface area contributed by atoms with E-state index in [-0.39, 0.29) is 5.57 Å². The number of methoxy groups -OCH3 is 4. The largest absolute Gasteiger partial charge is 0.497 e. The maximum absolute atomic E-state index is 13.1. The summed E-state index contributed by atoms with van der Waals surface area (Å²) in [6, 6.07) is 22.3. The molecular weight excluding hydrogens is 496 g/mol. The highest BCUT2D eigenvalue weighted by molar-refractivity contribution is 6.10.